The van der Waals surface area contributed by atoms with Crippen LogP contribution in [0.1, 0.15) is 41.4 Å². The molecular formula is C20H21FN4O3. The molecule has 146 valence electrons. The van der Waals surface area contributed by atoms with Gasteiger partial charge in [0, 0.05) is 43.6 Å². The summed E-state index contributed by atoms with van der Waals surface area (Å²) in [5.74, 6) is 0.532. The molecule has 3 aliphatic rings. The SMILES string of the molecule is O=C(c1ccc(F)cc1)N1C[C@@H]2Cn3c(nn(CC4CCC4)c(=O)c3=O)[C@H]2C1. The molecule has 1 aliphatic carbocycles. The molecule has 2 aromatic rings. The molecule has 1 aromatic carbocycles. The molecule has 2 atom stereocenters. The van der Waals surface area contributed by atoms with E-state index in [2.05, 4.69) is 5.10 Å². The number of aromatic nitrogens is 3. The fourth-order valence-electron chi connectivity index (χ4n) is 4.57. The van der Waals surface area contributed by atoms with Crippen molar-refractivity contribution in [3.63, 3.8) is 0 Å². The molecular weight excluding hydrogens is 363 g/mol. The van der Waals surface area contributed by atoms with Gasteiger partial charge in [-0.2, -0.15) is 5.10 Å². The number of amides is 1. The Hall–Kier alpha value is -2.77. The second-order valence-electron chi connectivity index (χ2n) is 8.14. The van der Waals surface area contributed by atoms with Gasteiger partial charge in [-0.25, -0.2) is 9.07 Å². The normalized spacial score (nSPS) is 23.4. The van der Waals surface area contributed by atoms with E-state index < -0.39 is 11.1 Å². The van der Waals surface area contributed by atoms with Gasteiger partial charge >= 0.3 is 11.1 Å². The minimum atomic E-state index is -0.546. The van der Waals surface area contributed by atoms with Gasteiger partial charge in [0.1, 0.15) is 11.6 Å². The molecule has 0 bridgehead atoms. The van der Waals surface area contributed by atoms with Gasteiger partial charge in [-0.3, -0.25) is 19.0 Å². The van der Waals surface area contributed by atoms with Gasteiger partial charge in [0.15, 0.2) is 0 Å². The molecule has 2 fully saturated rings. The summed E-state index contributed by atoms with van der Waals surface area (Å²) >= 11 is 0. The van der Waals surface area contributed by atoms with E-state index in [1.807, 2.05) is 0 Å². The highest BCUT2D eigenvalue weighted by Gasteiger charge is 2.44. The lowest BCUT2D eigenvalue weighted by Gasteiger charge is -2.25. The molecule has 1 saturated heterocycles. The van der Waals surface area contributed by atoms with Crippen molar-refractivity contribution in [2.24, 2.45) is 11.8 Å². The first-order valence-corrected chi connectivity index (χ1v) is 9.78. The van der Waals surface area contributed by atoms with Crippen molar-refractivity contribution in [3.05, 3.63) is 62.2 Å². The lowest BCUT2D eigenvalue weighted by atomic mass is 9.85. The van der Waals surface area contributed by atoms with Gasteiger partial charge in [0.05, 0.1) is 0 Å². The number of benzene rings is 1. The van der Waals surface area contributed by atoms with E-state index in [0.29, 0.717) is 43.5 Å². The van der Waals surface area contributed by atoms with Crippen molar-refractivity contribution in [1.82, 2.24) is 19.2 Å². The van der Waals surface area contributed by atoms with Crippen molar-refractivity contribution >= 4 is 5.91 Å². The van der Waals surface area contributed by atoms with Crippen LogP contribution in [0, 0.1) is 17.7 Å². The zero-order valence-corrected chi connectivity index (χ0v) is 15.4. The van der Waals surface area contributed by atoms with Crippen LogP contribution in [-0.4, -0.2) is 38.2 Å². The lowest BCUT2D eigenvalue weighted by Crippen LogP contribution is -2.45. The van der Waals surface area contributed by atoms with Crippen LogP contribution in [0.5, 0.6) is 0 Å². The maximum absolute atomic E-state index is 13.1. The summed E-state index contributed by atoms with van der Waals surface area (Å²) in [7, 11) is 0. The van der Waals surface area contributed by atoms with Crippen molar-refractivity contribution in [2.75, 3.05) is 13.1 Å². The number of carbonyl (C=O) groups is 1. The summed E-state index contributed by atoms with van der Waals surface area (Å²) in [6.07, 6.45) is 3.30. The molecule has 0 N–H and O–H groups in total. The standard InChI is InChI=1S/C20H21FN4O3/c21-15-6-4-13(5-7-15)18(26)23-9-14-10-24-17(16(14)11-23)22-25(20(28)19(24)27)8-12-2-1-3-12/h4-7,12,14,16H,1-3,8-11H2/t14-,16+/m1/s1. The molecule has 3 heterocycles. The van der Waals surface area contributed by atoms with Crippen molar-refractivity contribution in [2.45, 2.75) is 38.3 Å². The third-order valence-corrected chi connectivity index (χ3v) is 6.39. The summed E-state index contributed by atoms with van der Waals surface area (Å²) < 4.78 is 15.9. The van der Waals surface area contributed by atoms with Gasteiger partial charge < -0.3 is 4.90 Å². The highest BCUT2D eigenvalue weighted by molar-refractivity contribution is 5.94. The number of halogens is 1. The zero-order valence-electron chi connectivity index (χ0n) is 15.4. The molecule has 1 aromatic heterocycles. The number of rotatable bonds is 3. The quantitative estimate of drug-likeness (QED) is 0.746. The molecule has 0 spiro atoms. The molecule has 0 unspecified atom stereocenters. The second-order valence-corrected chi connectivity index (χ2v) is 8.14. The summed E-state index contributed by atoms with van der Waals surface area (Å²) in [5, 5.41) is 4.54. The van der Waals surface area contributed by atoms with Crippen LogP contribution in [0.2, 0.25) is 0 Å². The number of likely N-dealkylation sites (tertiary alicyclic amines) is 1. The zero-order chi connectivity index (χ0) is 19.4. The molecule has 7 nitrogen and oxygen atoms in total. The Morgan fingerprint density at radius 3 is 2.50 bits per heavy atom. The number of hydrogen-bond acceptors (Lipinski definition) is 4. The van der Waals surface area contributed by atoms with Crippen LogP contribution in [0.3, 0.4) is 0 Å². The molecule has 28 heavy (non-hydrogen) atoms. The third-order valence-electron chi connectivity index (χ3n) is 6.39. The minimum Gasteiger partial charge on any atom is -0.338 e. The van der Waals surface area contributed by atoms with E-state index in [1.54, 1.807) is 4.90 Å². The Balaban J connectivity index is 1.41. The summed E-state index contributed by atoms with van der Waals surface area (Å²) in [5.41, 5.74) is -0.605. The van der Waals surface area contributed by atoms with Gasteiger partial charge in [-0.1, -0.05) is 6.42 Å². The summed E-state index contributed by atoms with van der Waals surface area (Å²) in [6.45, 7) is 1.87. The molecule has 1 amide bonds. The smallest absolute Gasteiger partial charge is 0.332 e. The van der Waals surface area contributed by atoms with E-state index in [0.717, 1.165) is 19.3 Å². The van der Waals surface area contributed by atoms with Gasteiger partial charge in [-0.15, -0.1) is 0 Å². The molecule has 2 aliphatic heterocycles. The minimum absolute atomic E-state index is 0.0506. The van der Waals surface area contributed by atoms with Gasteiger partial charge in [0.25, 0.3) is 5.91 Å². The van der Waals surface area contributed by atoms with Crippen LogP contribution >= 0.6 is 0 Å². The van der Waals surface area contributed by atoms with Crippen molar-refractivity contribution < 1.29 is 9.18 Å². The van der Waals surface area contributed by atoms with E-state index in [9.17, 15) is 18.8 Å². The van der Waals surface area contributed by atoms with Crippen LogP contribution in [-0.2, 0) is 13.1 Å². The molecule has 5 rings (SSSR count). The Kier molecular flexibility index (Phi) is 3.96. The Morgan fingerprint density at radius 1 is 1.07 bits per heavy atom. The predicted octanol–water partition coefficient (Wildman–Crippen LogP) is 1.21. The van der Waals surface area contributed by atoms with E-state index in [1.165, 1.54) is 33.5 Å². The molecule has 1 saturated carbocycles. The topological polar surface area (TPSA) is 77.2 Å². The van der Waals surface area contributed by atoms with Crippen LogP contribution in [0.15, 0.2) is 33.9 Å². The average Bonchev–Trinajstić information content (AvgIpc) is 3.21. The van der Waals surface area contributed by atoms with Crippen LogP contribution in [0.4, 0.5) is 4.39 Å². The van der Waals surface area contributed by atoms with Crippen LogP contribution in [0.25, 0.3) is 0 Å². The van der Waals surface area contributed by atoms with E-state index in [4.69, 9.17) is 0 Å². The first-order valence-electron chi connectivity index (χ1n) is 9.78. The number of carbonyl (C=O) groups excluding carboxylic acids is 1. The summed E-state index contributed by atoms with van der Waals surface area (Å²) in [6, 6.07) is 5.52. The molecule has 0 radical (unpaired) electrons. The highest BCUT2D eigenvalue weighted by atomic mass is 19.1. The van der Waals surface area contributed by atoms with E-state index in [-0.39, 0.29) is 23.6 Å². The van der Waals surface area contributed by atoms with Crippen molar-refractivity contribution in [3.8, 4) is 0 Å². The number of hydrogen-bond donors (Lipinski definition) is 0. The Labute approximate surface area is 160 Å². The largest absolute Gasteiger partial charge is 0.338 e. The Bertz CT molecular complexity index is 1050. The second kappa shape index (κ2) is 6.39. The first kappa shape index (κ1) is 17.3. The Morgan fingerprint density at radius 2 is 1.82 bits per heavy atom. The predicted molar refractivity (Wildman–Crippen MR) is 98.6 cm³/mol. The number of nitrogens with zero attached hydrogens (tertiary/aromatic N) is 4. The fraction of sp³-hybridized carbons (Fsp3) is 0.500. The van der Waals surface area contributed by atoms with Crippen LogP contribution < -0.4 is 11.1 Å². The maximum Gasteiger partial charge on any atom is 0.332 e. The maximum atomic E-state index is 13.1. The van der Waals surface area contributed by atoms with Crippen molar-refractivity contribution in [1.29, 1.82) is 0 Å². The first-order chi connectivity index (χ1) is 13.5. The molecule has 8 heteroatoms. The lowest BCUT2D eigenvalue weighted by molar-refractivity contribution is 0.0782. The number of fused-ring (bicyclic) bond motifs is 3. The van der Waals surface area contributed by atoms with Gasteiger partial charge in [-0.05, 0) is 43.0 Å². The average molecular weight is 384 g/mol. The third kappa shape index (κ3) is 2.70. The highest BCUT2D eigenvalue weighted by Crippen LogP contribution is 2.37. The monoisotopic (exact) mass is 384 g/mol. The fourth-order valence-corrected chi connectivity index (χ4v) is 4.57. The van der Waals surface area contributed by atoms with E-state index >= 15 is 0 Å². The van der Waals surface area contributed by atoms with Gasteiger partial charge in [0.2, 0.25) is 0 Å². The summed E-state index contributed by atoms with van der Waals surface area (Å²) in [4.78, 5) is 39.4.